The molecule has 0 aromatic heterocycles. The minimum absolute atomic E-state index is 0.265. The van der Waals surface area contributed by atoms with Crippen molar-refractivity contribution < 1.29 is 0 Å². The van der Waals surface area contributed by atoms with Crippen LogP contribution >= 0.6 is 0 Å². The standard InChI is InChI=1S/C37H32N2/c1-26-13-11-12-18-35(26)36-24-23-34(25-27(36)2)32-21-19-31(20-22-32)29(4)39-37(33-16-9-6-10-17-33)38-28(3)30-14-7-5-8-15-30/h6-7,9-25,37,39H,4H2,1-3H3/b38-28+. The van der Waals surface area contributed by atoms with Gasteiger partial charge in [-0.3, -0.25) is 4.99 Å². The van der Waals surface area contributed by atoms with Crippen LogP contribution in [-0.2, 0) is 0 Å². The van der Waals surface area contributed by atoms with E-state index in [1.165, 1.54) is 33.4 Å². The molecule has 0 aliphatic rings. The van der Waals surface area contributed by atoms with E-state index in [4.69, 9.17) is 4.99 Å². The fraction of sp³-hybridized carbons (Fsp3) is 0.108. The van der Waals surface area contributed by atoms with Gasteiger partial charge in [0.05, 0.1) is 0 Å². The maximum Gasteiger partial charge on any atom is 0.145 e. The molecule has 39 heavy (non-hydrogen) atoms. The summed E-state index contributed by atoms with van der Waals surface area (Å²) in [6.07, 6.45) is -0.265. The van der Waals surface area contributed by atoms with Crippen LogP contribution in [0.5, 0.6) is 0 Å². The summed E-state index contributed by atoms with van der Waals surface area (Å²) in [6.45, 7) is 10.7. The van der Waals surface area contributed by atoms with Crippen molar-refractivity contribution in [2.75, 3.05) is 0 Å². The smallest absolute Gasteiger partial charge is 0.145 e. The summed E-state index contributed by atoms with van der Waals surface area (Å²) >= 11 is 0. The van der Waals surface area contributed by atoms with E-state index in [1.807, 2.05) is 43.3 Å². The molecule has 2 heteroatoms. The summed E-state index contributed by atoms with van der Waals surface area (Å²) in [4.78, 5) is 5.01. The molecule has 0 amide bonds. The molecule has 0 radical (unpaired) electrons. The first kappa shape index (κ1) is 25.8. The summed E-state index contributed by atoms with van der Waals surface area (Å²) in [6, 6.07) is 45.8. The van der Waals surface area contributed by atoms with E-state index < -0.39 is 0 Å². The van der Waals surface area contributed by atoms with Crippen LogP contribution in [0, 0.1) is 26.0 Å². The highest BCUT2D eigenvalue weighted by molar-refractivity contribution is 5.98. The zero-order valence-electron chi connectivity index (χ0n) is 22.7. The van der Waals surface area contributed by atoms with Crippen molar-refractivity contribution in [3.05, 3.63) is 162 Å². The van der Waals surface area contributed by atoms with Gasteiger partial charge in [-0.15, -0.1) is 0 Å². The molecule has 0 saturated carbocycles. The SMILES string of the molecule is C=C(NC(/N=C(\C)c1cc#ccc1)c1ccccc1)c1ccc(-c2ccc(-c3ccccc3C)c(C)c2)cc1. The number of hydrogen-bond donors (Lipinski definition) is 1. The van der Waals surface area contributed by atoms with Crippen LogP contribution in [0.2, 0.25) is 0 Å². The number of aliphatic imine (C=N–C) groups is 1. The second-order valence-corrected chi connectivity index (χ2v) is 9.79. The van der Waals surface area contributed by atoms with Crippen LogP contribution in [0.4, 0.5) is 0 Å². The molecule has 2 nitrogen and oxygen atoms in total. The van der Waals surface area contributed by atoms with Crippen molar-refractivity contribution in [2.45, 2.75) is 26.9 Å². The first-order valence-corrected chi connectivity index (χ1v) is 13.2. The Balaban J connectivity index is 1.36. The van der Waals surface area contributed by atoms with Gasteiger partial charge >= 0.3 is 0 Å². The lowest BCUT2D eigenvalue weighted by Gasteiger charge is -2.20. The first-order chi connectivity index (χ1) is 19.0. The molecule has 1 atom stereocenters. The predicted molar refractivity (Wildman–Crippen MR) is 164 cm³/mol. The Morgan fingerprint density at radius 1 is 0.718 bits per heavy atom. The number of nitrogens with zero attached hydrogens (tertiary/aromatic N) is 1. The van der Waals surface area contributed by atoms with E-state index in [-0.39, 0.29) is 6.17 Å². The number of rotatable bonds is 8. The molecule has 5 aromatic rings. The second-order valence-electron chi connectivity index (χ2n) is 9.79. The maximum atomic E-state index is 5.01. The van der Waals surface area contributed by atoms with Crippen molar-refractivity contribution >= 4 is 11.4 Å². The summed E-state index contributed by atoms with van der Waals surface area (Å²) in [7, 11) is 0. The molecule has 1 N–H and O–H groups in total. The van der Waals surface area contributed by atoms with Crippen LogP contribution in [-0.4, -0.2) is 5.71 Å². The van der Waals surface area contributed by atoms with Crippen molar-refractivity contribution in [3.63, 3.8) is 0 Å². The number of aryl methyl sites for hydroxylation is 2. The molecular weight excluding hydrogens is 472 g/mol. The molecule has 5 rings (SSSR count). The average molecular weight is 505 g/mol. The highest BCUT2D eigenvalue weighted by Crippen LogP contribution is 2.31. The van der Waals surface area contributed by atoms with Gasteiger partial charge in [0.2, 0.25) is 0 Å². The van der Waals surface area contributed by atoms with Crippen LogP contribution < -0.4 is 5.32 Å². The molecule has 0 heterocycles. The molecule has 1 unspecified atom stereocenters. The first-order valence-electron chi connectivity index (χ1n) is 13.2. The highest BCUT2D eigenvalue weighted by atomic mass is 15.1. The minimum Gasteiger partial charge on any atom is -0.360 e. The lowest BCUT2D eigenvalue weighted by atomic mass is 9.93. The fourth-order valence-electron chi connectivity index (χ4n) is 4.80. The molecule has 0 fully saturated rings. The lowest BCUT2D eigenvalue weighted by molar-refractivity contribution is 0.670. The molecule has 5 aromatic carbocycles. The van der Waals surface area contributed by atoms with E-state index in [0.29, 0.717) is 0 Å². The summed E-state index contributed by atoms with van der Waals surface area (Å²) in [5, 5.41) is 3.55. The van der Waals surface area contributed by atoms with Gasteiger partial charge in [0.25, 0.3) is 0 Å². The monoisotopic (exact) mass is 504 g/mol. The van der Waals surface area contributed by atoms with Crippen LogP contribution in [0.1, 0.15) is 40.9 Å². The van der Waals surface area contributed by atoms with Crippen LogP contribution in [0.25, 0.3) is 28.0 Å². The van der Waals surface area contributed by atoms with Gasteiger partial charge < -0.3 is 5.32 Å². The largest absolute Gasteiger partial charge is 0.360 e. The Bertz CT molecular complexity index is 1600. The summed E-state index contributed by atoms with van der Waals surface area (Å²) < 4.78 is 0. The Morgan fingerprint density at radius 3 is 2.10 bits per heavy atom. The average Bonchev–Trinajstić information content (AvgIpc) is 2.98. The maximum absolute atomic E-state index is 5.01. The zero-order valence-corrected chi connectivity index (χ0v) is 22.7. The van der Waals surface area contributed by atoms with Gasteiger partial charge in [-0.1, -0.05) is 116 Å². The molecule has 0 aliphatic heterocycles. The van der Waals surface area contributed by atoms with E-state index in [1.54, 1.807) is 0 Å². The fourth-order valence-corrected chi connectivity index (χ4v) is 4.80. The Morgan fingerprint density at radius 2 is 1.41 bits per heavy atom. The molecule has 0 spiro atoms. The van der Waals surface area contributed by atoms with Crippen LogP contribution in [0.15, 0.2) is 127 Å². The van der Waals surface area contributed by atoms with Gasteiger partial charge in [-0.25, -0.2) is 0 Å². The summed E-state index contributed by atoms with van der Waals surface area (Å²) in [5.41, 5.74) is 12.4. The van der Waals surface area contributed by atoms with Gasteiger partial charge in [0.1, 0.15) is 6.17 Å². The van der Waals surface area contributed by atoms with E-state index in [0.717, 1.165) is 28.1 Å². The predicted octanol–water partition coefficient (Wildman–Crippen LogP) is 9.01. The van der Waals surface area contributed by atoms with Gasteiger partial charge in [0, 0.05) is 17.0 Å². The Hall–Kier alpha value is -4.87. The minimum atomic E-state index is -0.265. The number of hydrogen-bond acceptors (Lipinski definition) is 2. The Labute approximate surface area is 232 Å². The lowest BCUT2D eigenvalue weighted by Crippen LogP contribution is -2.19. The van der Waals surface area contributed by atoms with Crippen molar-refractivity contribution in [1.29, 1.82) is 0 Å². The molecule has 190 valence electrons. The molecule has 0 saturated heterocycles. The quantitative estimate of drug-likeness (QED) is 0.210. The normalized spacial score (nSPS) is 11.9. The topological polar surface area (TPSA) is 24.4 Å². The molecule has 0 bridgehead atoms. The van der Waals surface area contributed by atoms with E-state index >= 15 is 0 Å². The van der Waals surface area contributed by atoms with Crippen molar-refractivity contribution in [1.82, 2.24) is 5.32 Å². The second kappa shape index (κ2) is 11.7. The third-order valence-electron chi connectivity index (χ3n) is 7.05. The third kappa shape index (κ3) is 6.00. The van der Waals surface area contributed by atoms with Gasteiger partial charge in [-0.05, 0) is 83.5 Å². The van der Waals surface area contributed by atoms with Crippen LogP contribution in [0.3, 0.4) is 0 Å². The number of benzene rings is 4. The van der Waals surface area contributed by atoms with E-state index in [2.05, 4.69) is 117 Å². The number of nitrogens with one attached hydrogen (secondary N) is 1. The third-order valence-corrected chi connectivity index (χ3v) is 7.05. The van der Waals surface area contributed by atoms with Crippen molar-refractivity contribution in [2.24, 2.45) is 4.99 Å². The van der Waals surface area contributed by atoms with E-state index in [9.17, 15) is 0 Å². The van der Waals surface area contributed by atoms with Gasteiger partial charge in [0.15, 0.2) is 0 Å². The van der Waals surface area contributed by atoms with Crippen molar-refractivity contribution in [3.8, 4) is 22.3 Å². The van der Waals surface area contributed by atoms with Gasteiger partial charge in [-0.2, -0.15) is 0 Å². The molecular formula is C37H32N2. The summed E-state index contributed by atoms with van der Waals surface area (Å²) in [5.74, 6) is 0. The molecule has 0 aliphatic carbocycles. The highest BCUT2D eigenvalue weighted by Gasteiger charge is 2.13. The zero-order chi connectivity index (χ0) is 27.2. The Kier molecular flexibility index (Phi) is 7.71.